The number of aliphatic carboxylic acids is 1. The number of nitrogens with one attached hydrogen (secondary N) is 2. The van der Waals surface area contributed by atoms with E-state index in [-0.39, 0.29) is 49.0 Å². The number of rotatable bonds is 23. The Morgan fingerprint density at radius 2 is 1.46 bits per heavy atom. The number of methoxy groups -OCH3 is 2. The number of hydrogen-bond acceptors (Lipinski definition) is 9. The minimum absolute atomic E-state index is 0.0418. The summed E-state index contributed by atoms with van der Waals surface area (Å²) in [5.74, 6) is -4.31. The van der Waals surface area contributed by atoms with E-state index in [1.165, 1.54) is 26.2 Å². The van der Waals surface area contributed by atoms with Crippen LogP contribution < -0.4 is 10.6 Å². The molecule has 0 aromatic heterocycles. The fourth-order valence-electron chi connectivity index (χ4n) is 8.60. The smallest absolute Gasteiger partial charge is 0.410 e. The van der Waals surface area contributed by atoms with Gasteiger partial charge >= 0.3 is 12.1 Å². The van der Waals surface area contributed by atoms with Gasteiger partial charge in [-0.15, -0.1) is 0 Å². The van der Waals surface area contributed by atoms with Crippen molar-refractivity contribution in [2.45, 2.75) is 137 Å². The zero-order chi connectivity index (χ0) is 47.1. The molecule has 2 aromatic carbocycles. The van der Waals surface area contributed by atoms with Crippen LogP contribution in [-0.2, 0) is 51.2 Å². The van der Waals surface area contributed by atoms with Crippen LogP contribution in [0.15, 0.2) is 54.6 Å². The normalized spacial score (nSPS) is 17.7. The topological polar surface area (TPSA) is 184 Å². The van der Waals surface area contributed by atoms with Crippen molar-refractivity contribution in [3.8, 4) is 0 Å². The molecule has 63 heavy (non-hydrogen) atoms. The minimum atomic E-state index is -1.16. The van der Waals surface area contributed by atoms with Crippen molar-refractivity contribution in [3.05, 3.63) is 71.3 Å². The molecule has 0 bridgehead atoms. The summed E-state index contributed by atoms with van der Waals surface area (Å²) in [7, 11) is 6.16. The first-order valence-electron chi connectivity index (χ1n) is 22.2. The number of likely N-dealkylation sites (N-methyl/N-ethyl adjacent to an activating group) is 2. The molecule has 1 aliphatic rings. The summed E-state index contributed by atoms with van der Waals surface area (Å²) in [6.45, 7) is 15.4. The van der Waals surface area contributed by atoms with E-state index in [0.29, 0.717) is 25.8 Å². The number of carbonyl (C=O) groups excluding carboxylic acids is 5. The summed E-state index contributed by atoms with van der Waals surface area (Å²) in [4.78, 5) is 86.3. The number of benzene rings is 2. The van der Waals surface area contributed by atoms with Crippen LogP contribution in [0.1, 0.15) is 90.8 Å². The lowest BCUT2D eigenvalue weighted by molar-refractivity contribution is -0.148. The molecule has 0 spiro atoms. The summed E-state index contributed by atoms with van der Waals surface area (Å²) in [5.41, 5.74) is 2.66. The van der Waals surface area contributed by atoms with Crippen molar-refractivity contribution in [3.63, 3.8) is 0 Å². The van der Waals surface area contributed by atoms with Crippen LogP contribution in [0.3, 0.4) is 0 Å². The van der Waals surface area contributed by atoms with Crippen LogP contribution in [0.25, 0.3) is 0 Å². The number of carbonyl (C=O) groups is 6. The van der Waals surface area contributed by atoms with Crippen molar-refractivity contribution in [1.29, 1.82) is 0 Å². The molecule has 1 fully saturated rings. The van der Waals surface area contributed by atoms with Gasteiger partial charge in [0.05, 0.1) is 36.6 Å². The van der Waals surface area contributed by atoms with E-state index in [2.05, 4.69) is 10.6 Å². The largest absolute Gasteiger partial charge is 0.480 e. The number of ether oxygens (including phenoxy) is 3. The highest BCUT2D eigenvalue weighted by Crippen LogP contribution is 2.30. The highest BCUT2D eigenvalue weighted by atomic mass is 16.6. The van der Waals surface area contributed by atoms with E-state index in [4.69, 9.17) is 14.2 Å². The van der Waals surface area contributed by atoms with E-state index in [9.17, 15) is 33.9 Å². The van der Waals surface area contributed by atoms with Gasteiger partial charge in [0.2, 0.25) is 23.6 Å². The molecule has 0 aliphatic carbocycles. The van der Waals surface area contributed by atoms with Gasteiger partial charge < -0.3 is 39.8 Å². The van der Waals surface area contributed by atoms with Crippen LogP contribution >= 0.6 is 0 Å². The van der Waals surface area contributed by atoms with Crippen LogP contribution in [-0.4, -0.2) is 133 Å². The van der Waals surface area contributed by atoms with Gasteiger partial charge in [-0.2, -0.15) is 0 Å². The molecule has 9 atom stereocenters. The molecule has 15 nitrogen and oxygen atoms in total. The highest BCUT2D eigenvalue weighted by Gasteiger charge is 2.44. The number of amides is 5. The Balaban J connectivity index is 1.76. The Morgan fingerprint density at radius 1 is 0.825 bits per heavy atom. The van der Waals surface area contributed by atoms with Crippen LogP contribution in [0.4, 0.5) is 4.79 Å². The van der Waals surface area contributed by atoms with E-state index < -0.39 is 72.2 Å². The average molecular weight is 880 g/mol. The van der Waals surface area contributed by atoms with Crippen molar-refractivity contribution >= 4 is 35.7 Å². The maximum Gasteiger partial charge on any atom is 0.410 e. The van der Waals surface area contributed by atoms with Crippen molar-refractivity contribution in [1.82, 2.24) is 25.3 Å². The molecule has 1 aliphatic heterocycles. The molecule has 350 valence electrons. The van der Waals surface area contributed by atoms with E-state index in [1.807, 2.05) is 90.9 Å². The second-order valence-corrected chi connectivity index (χ2v) is 17.7. The van der Waals surface area contributed by atoms with Gasteiger partial charge in [0.1, 0.15) is 24.7 Å². The van der Waals surface area contributed by atoms with Gasteiger partial charge in [-0.25, -0.2) is 9.59 Å². The molecule has 5 amide bonds. The van der Waals surface area contributed by atoms with Crippen molar-refractivity contribution in [2.75, 3.05) is 34.9 Å². The molecule has 3 rings (SSSR count). The van der Waals surface area contributed by atoms with Crippen molar-refractivity contribution in [2.24, 2.45) is 23.7 Å². The first-order chi connectivity index (χ1) is 29.8. The fourth-order valence-corrected chi connectivity index (χ4v) is 8.60. The quantitative estimate of drug-likeness (QED) is 0.130. The van der Waals surface area contributed by atoms with Gasteiger partial charge in [0.25, 0.3) is 0 Å². The predicted octanol–water partition coefficient (Wildman–Crippen LogP) is 5.46. The number of aryl methyl sites for hydroxylation is 1. The third-order valence-corrected chi connectivity index (χ3v) is 12.5. The van der Waals surface area contributed by atoms with Gasteiger partial charge in [-0.1, -0.05) is 115 Å². The third-order valence-electron chi connectivity index (χ3n) is 12.5. The Bertz CT molecular complexity index is 1810. The Hall–Kier alpha value is -5.02. The fraction of sp³-hybridized carbons (Fsp3) is 0.625. The summed E-state index contributed by atoms with van der Waals surface area (Å²) < 4.78 is 17.5. The van der Waals surface area contributed by atoms with E-state index >= 15 is 0 Å². The molecular weight excluding hydrogens is 807 g/mol. The molecule has 0 radical (unpaired) electrons. The van der Waals surface area contributed by atoms with Crippen LogP contribution in [0, 0.1) is 30.6 Å². The summed E-state index contributed by atoms with van der Waals surface area (Å²) in [5, 5.41) is 15.6. The number of carboxylic acids is 1. The highest BCUT2D eigenvalue weighted by molar-refractivity contribution is 5.92. The lowest BCUT2D eigenvalue weighted by Gasteiger charge is -2.41. The van der Waals surface area contributed by atoms with E-state index in [0.717, 1.165) is 16.7 Å². The Labute approximate surface area is 374 Å². The predicted molar refractivity (Wildman–Crippen MR) is 240 cm³/mol. The minimum Gasteiger partial charge on any atom is -0.480 e. The first kappa shape index (κ1) is 52.3. The SMILES string of the molecule is CC[C@H](C)[C@@H]([C@@H](CC(=O)N1CCC[C@H]1[C@H](OC)[C@@H](C)C(=O)N[C@@H](Cc1ccccc1)C(=O)O)OC)N(C)C(=O)[C@@H](NC(=O)C(C(C)C)N(C)C(=O)OCc1ccc(C)cc1)C(C)C. The van der Waals surface area contributed by atoms with Gasteiger partial charge in [-0.05, 0) is 48.6 Å². The molecule has 1 saturated heterocycles. The van der Waals surface area contributed by atoms with Crippen molar-refractivity contribution < 1.29 is 48.1 Å². The summed E-state index contributed by atoms with van der Waals surface area (Å²) >= 11 is 0. The zero-order valence-corrected chi connectivity index (χ0v) is 39.5. The second-order valence-electron chi connectivity index (χ2n) is 17.7. The van der Waals surface area contributed by atoms with Gasteiger partial charge in [0.15, 0.2) is 0 Å². The zero-order valence-electron chi connectivity index (χ0n) is 39.5. The summed E-state index contributed by atoms with van der Waals surface area (Å²) in [6.07, 6.45) is -0.181. The Kier molecular flexibility index (Phi) is 20.5. The number of likely N-dealkylation sites (tertiary alicyclic amines) is 1. The monoisotopic (exact) mass is 880 g/mol. The molecular formula is C48H73N5O10. The molecule has 15 heteroatoms. The standard InChI is InChI=1S/C48H73N5O10/c1-13-32(7)42(51(9)46(57)40(29(2)3)50-45(56)41(30(4)5)52(10)48(60)63-28-35-23-21-31(6)22-24-35)38(61-11)27-39(54)53-25-17-20-37(53)43(62-12)33(8)44(55)49-36(47(58)59)26-34-18-15-14-16-19-34/h14-16,18-19,21-24,29-30,32-33,36-38,40-43H,13,17,20,25-28H2,1-12H3,(H,49,55)(H,50,56)(H,58,59)/t32-,33+,36-,37-,38+,40-,41?,42-,43+/m0/s1. The number of nitrogens with zero attached hydrogens (tertiary/aromatic N) is 3. The maximum atomic E-state index is 14.5. The molecule has 2 aromatic rings. The number of hydrogen-bond donors (Lipinski definition) is 3. The second kappa shape index (κ2) is 24.7. The number of carboxylic acid groups (broad SMARTS) is 1. The molecule has 0 saturated carbocycles. The lowest BCUT2D eigenvalue weighted by Crippen LogP contribution is -2.60. The van der Waals surface area contributed by atoms with Gasteiger partial charge in [-0.3, -0.25) is 24.1 Å². The maximum absolute atomic E-state index is 14.5. The molecule has 1 unspecified atom stereocenters. The average Bonchev–Trinajstić information content (AvgIpc) is 3.74. The summed E-state index contributed by atoms with van der Waals surface area (Å²) in [6, 6.07) is 12.6. The van der Waals surface area contributed by atoms with Gasteiger partial charge in [0, 0.05) is 41.3 Å². The van der Waals surface area contributed by atoms with Crippen LogP contribution in [0.2, 0.25) is 0 Å². The molecule has 3 N–H and O–H groups in total. The van der Waals surface area contributed by atoms with E-state index in [1.54, 1.807) is 35.9 Å². The van der Waals surface area contributed by atoms with Crippen LogP contribution in [0.5, 0.6) is 0 Å². The first-order valence-corrected chi connectivity index (χ1v) is 22.2. The molecule has 1 heterocycles. The Morgan fingerprint density at radius 3 is 2.00 bits per heavy atom. The lowest BCUT2D eigenvalue weighted by atomic mass is 9.89. The third kappa shape index (κ3) is 14.2.